The van der Waals surface area contributed by atoms with Gasteiger partial charge in [-0.3, -0.25) is 0 Å². The molecule has 0 atom stereocenters. The molecule has 0 saturated heterocycles. The summed E-state index contributed by atoms with van der Waals surface area (Å²) >= 11 is 4.94. The van der Waals surface area contributed by atoms with Gasteiger partial charge in [-0.2, -0.15) is 5.26 Å². The zero-order valence-corrected chi connectivity index (χ0v) is 9.25. The topological polar surface area (TPSA) is 90.0 Å². The molecule has 0 aromatic carbocycles. The normalized spacial score (nSPS) is 9.82. The maximum atomic E-state index is 11.0. The summed E-state index contributed by atoms with van der Waals surface area (Å²) in [7, 11) is 0. The van der Waals surface area contributed by atoms with Gasteiger partial charge in [0.25, 0.3) is 0 Å². The van der Waals surface area contributed by atoms with Crippen LogP contribution in [-0.4, -0.2) is 16.1 Å². The number of aromatic carboxylic acids is 1. The summed E-state index contributed by atoms with van der Waals surface area (Å²) in [5.41, 5.74) is 0.238. The summed E-state index contributed by atoms with van der Waals surface area (Å²) in [6, 6.07) is 6.44. The van der Waals surface area contributed by atoms with Crippen LogP contribution in [0.1, 0.15) is 15.9 Å². The second kappa shape index (κ2) is 4.23. The first-order valence-corrected chi connectivity index (χ1v) is 4.99. The summed E-state index contributed by atoms with van der Waals surface area (Å²) in [5, 5.41) is 17.8. The van der Waals surface area contributed by atoms with Gasteiger partial charge in [0.1, 0.15) is 22.0 Å². The number of nitrogens with one attached hydrogen (secondary N) is 1. The molecule has 2 aromatic rings. The van der Waals surface area contributed by atoms with Crippen LogP contribution in [0.5, 0.6) is 0 Å². The summed E-state index contributed by atoms with van der Waals surface area (Å²) in [5.74, 6) is -0.738. The molecule has 2 N–H and O–H groups in total. The standard InChI is InChI=1S/C11H6N2O3S/c12-5-7-6(11(14)15)4-8(13-10(7)17)9-2-1-3-16-9/h1-4H,(H,13,17)(H,14,15). The highest BCUT2D eigenvalue weighted by atomic mass is 32.1. The Labute approximate surface area is 101 Å². The molecule has 0 radical (unpaired) electrons. The molecule has 0 bridgehead atoms. The molecule has 0 aliphatic rings. The number of nitrogens with zero attached hydrogens (tertiary/aromatic N) is 1. The second-order valence-electron chi connectivity index (χ2n) is 3.20. The number of carboxylic acids is 1. The van der Waals surface area contributed by atoms with Gasteiger partial charge in [0.05, 0.1) is 17.5 Å². The summed E-state index contributed by atoms with van der Waals surface area (Å²) < 4.78 is 5.21. The van der Waals surface area contributed by atoms with Gasteiger partial charge >= 0.3 is 5.97 Å². The van der Waals surface area contributed by atoms with E-state index in [1.54, 1.807) is 18.2 Å². The van der Waals surface area contributed by atoms with Crippen molar-refractivity contribution in [1.29, 1.82) is 5.26 Å². The maximum absolute atomic E-state index is 11.0. The van der Waals surface area contributed by atoms with E-state index in [1.807, 2.05) is 0 Å². The smallest absolute Gasteiger partial charge is 0.337 e. The highest BCUT2D eigenvalue weighted by Gasteiger charge is 2.14. The molecule has 0 aliphatic heterocycles. The quantitative estimate of drug-likeness (QED) is 0.795. The fourth-order valence-corrected chi connectivity index (χ4v) is 1.67. The Morgan fingerprint density at radius 3 is 2.88 bits per heavy atom. The lowest BCUT2D eigenvalue weighted by molar-refractivity contribution is 0.0696. The molecule has 0 fully saturated rings. The van der Waals surface area contributed by atoms with E-state index in [1.165, 1.54) is 12.3 Å². The van der Waals surface area contributed by atoms with Crippen molar-refractivity contribution in [2.24, 2.45) is 0 Å². The van der Waals surface area contributed by atoms with E-state index in [9.17, 15) is 4.79 Å². The van der Waals surface area contributed by atoms with Crippen molar-refractivity contribution in [1.82, 2.24) is 4.98 Å². The van der Waals surface area contributed by atoms with Gasteiger partial charge < -0.3 is 14.5 Å². The summed E-state index contributed by atoms with van der Waals surface area (Å²) in [6.07, 6.45) is 1.46. The number of aromatic amines is 1. The molecular formula is C11H6N2O3S. The number of pyridine rings is 1. The van der Waals surface area contributed by atoms with Gasteiger partial charge in [-0.15, -0.1) is 0 Å². The predicted molar refractivity (Wildman–Crippen MR) is 61.0 cm³/mol. The number of furan rings is 1. The van der Waals surface area contributed by atoms with Crippen molar-refractivity contribution in [3.05, 3.63) is 40.2 Å². The van der Waals surface area contributed by atoms with Crippen LogP contribution in [0, 0.1) is 16.0 Å². The van der Waals surface area contributed by atoms with Crippen LogP contribution in [0.25, 0.3) is 11.5 Å². The summed E-state index contributed by atoms with van der Waals surface area (Å²) in [6.45, 7) is 0. The number of hydrogen-bond acceptors (Lipinski definition) is 4. The number of hydrogen-bond donors (Lipinski definition) is 2. The van der Waals surface area contributed by atoms with E-state index >= 15 is 0 Å². The highest BCUT2D eigenvalue weighted by Crippen LogP contribution is 2.21. The van der Waals surface area contributed by atoms with Crippen molar-refractivity contribution >= 4 is 18.2 Å². The third-order valence-electron chi connectivity index (χ3n) is 2.16. The lowest BCUT2D eigenvalue weighted by atomic mass is 10.1. The number of aromatic nitrogens is 1. The van der Waals surface area contributed by atoms with Crippen LogP contribution in [0.3, 0.4) is 0 Å². The number of H-pyrrole nitrogens is 1. The van der Waals surface area contributed by atoms with Gasteiger partial charge in [0.15, 0.2) is 0 Å². The zero-order chi connectivity index (χ0) is 12.4. The first kappa shape index (κ1) is 11.1. The summed E-state index contributed by atoms with van der Waals surface area (Å²) in [4.78, 5) is 13.8. The molecule has 6 heteroatoms. The van der Waals surface area contributed by atoms with Crippen LogP contribution in [0.4, 0.5) is 0 Å². The molecule has 0 aliphatic carbocycles. The minimum atomic E-state index is -1.20. The third kappa shape index (κ3) is 1.96. The lowest BCUT2D eigenvalue weighted by Gasteiger charge is -2.02. The van der Waals surface area contributed by atoms with E-state index in [2.05, 4.69) is 4.98 Å². The van der Waals surface area contributed by atoms with E-state index in [0.717, 1.165) is 0 Å². The Kier molecular flexibility index (Phi) is 2.77. The molecule has 0 saturated carbocycles. The van der Waals surface area contributed by atoms with Crippen LogP contribution in [0.15, 0.2) is 28.9 Å². The van der Waals surface area contributed by atoms with Crippen LogP contribution in [-0.2, 0) is 0 Å². The Bertz CT molecular complexity index is 665. The van der Waals surface area contributed by atoms with Gasteiger partial charge in [0.2, 0.25) is 0 Å². The number of carboxylic acid groups (broad SMARTS) is 1. The average molecular weight is 246 g/mol. The van der Waals surface area contributed by atoms with Gasteiger partial charge in [0, 0.05) is 0 Å². The number of carbonyl (C=O) groups is 1. The Balaban J connectivity index is 2.72. The van der Waals surface area contributed by atoms with Crippen LogP contribution >= 0.6 is 12.2 Å². The van der Waals surface area contributed by atoms with Crippen molar-refractivity contribution in [2.75, 3.05) is 0 Å². The minimum Gasteiger partial charge on any atom is -0.478 e. The molecule has 17 heavy (non-hydrogen) atoms. The third-order valence-corrected chi connectivity index (χ3v) is 2.47. The first-order chi connectivity index (χ1) is 8.13. The SMILES string of the molecule is N#Cc1c(C(=O)O)cc(-c2ccco2)[nH]c1=S. The molecule has 0 unspecified atom stereocenters. The monoisotopic (exact) mass is 246 g/mol. The fraction of sp³-hybridized carbons (Fsp3) is 0. The highest BCUT2D eigenvalue weighted by molar-refractivity contribution is 7.71. The molecule has 84 valence electrons. The van der Waals surface area contributed by atoms with Crippen LogP contribution in [0.2, 0.25) is 0 Å². The molecule has 0 spiro atoms. The number of nitriles is 1. The Morgan fingerprint density at radius 2 is 2.35 bits per heavy atom. The molecule has 2 aromatic heterocycles. The van der Waals surface area contributed by atoms with Gasteiger partial charge in [-0.05, 0) is 18.2 Å². The van der Waals surface area contributed by atoms with E-state index in [0.29, 0.717) is 11.5 Å². The van der Waals surface area contributed by atoms with Crippen molar-refractivity contribution in [3.8, 4) is 17.5 Å². The fourth-order valence-electron chi connectivity index (χ4n) is 1.40. The zero-order valence-electron chi connectivity index (χ0n) is 8.43. The average Bonchev–Trinajstić information content (AvgIpc) is 2.81. The number of rotatable bonds is 2. The minimum absolute atomic E-state index is 0.0530. The van der Waals surface area contributed by atoms with Crippen LogP contribution < -0.4 is 0 Å². The van der Waals surface area contributed by atoms with Crippen molar-refractivity contribution < 1.29 is 14.3 Å². The Morgan fingerprint density at radius 1 is 1.59 bits per heavy atom. The van der Waals surface area contributed by atoms with Crippen molar-refractivity contribution in [3.63, 3.8) is 0 Å². The molecule has 5 nitrogen and oxygen atoms in total. The lowest BCUT2D eigenvalue weighted by Crippen LogP contribution is -2.03. The second-order valence-corrected chi connectivity index (χ2v) is 3.60. The van der Waals surface area contributed by atoms with E-state index in [-0.39, 0.29) is 15.8 Å². The van der Waals surface area contributed by atoms with E-state index < -0.39 is 5.97 Å². The van der Waals surface area contributed by atoms with E-state index in [4.69, 9.17) is 27.0 Å². The van der Waals surface area contributed by atoms with Gasteiger partial charge in [-0.25, -0.2) is 4.79 Å². The molecular weight excluding hydrogens is 240 g/mol. The van der Waals surface area contributed by atoms with Crippen molar-refractivity contribution in [2.45, 2.75) is 0 Å². The molecule has 2 heterocycles. The predicted octanol–water partition coefficient (Wildman–Crippen LogP) is 2.57. The molecule has 2 rings (SSSR count). The first-order valence-electron chi connectivity index (χ1n) is 4.58. The largest absolute Gasteiger partial charge is 0.478 e. The van der Waals surface area contributed by atoms with Gasteiger partial charge in [-0.1, -0.05) is 12.2 Å². The Hall–Kier alpha value is -2.39. The maximum Gasteiger partial charge on any atom is 0.337 e. The molecule has 0 amide bonds.